The molecule has 0 radical (unpaired) electrons. The maximum Gasteiger partial charge on any atom is 0.257 e. The van der Waals surface area contributed by atoms with E-state index in [9.17, 15) is 4.79 Å². The van der Waals surface area contributed by atoms with Crippen LogP contribution in [0.4, 0.5) is 11.4 Å². The number of nitrogens with one attached hydrogen (secondary N) is 2. The average Bonchev–Trinajstić information content (AvgIpc) is 2.41. The Bertz CT molecular complexity index is 552. The highest BCUT2D eigenvalue weighted by atomic mass is 127. The smallest absolute Gasteiger partial charge is 0.257 e. The molecule has 18 heavy (non-hydrogen) atoms. The number of hydrogen-bond donors (Lipinski definition) is 2. The van der Waals surface area contributed by atoms with Gasteiger partial charge in [0.1, 0.15) is 0 Å². The summed E-state index contributed by atoms with van der Waals surface area (Å²) in [5, 5.41) is 5.89. The Balaban J connectivity index is 2.19. The van der Waals surface area contributed by atoms with Gasteiger partial charge < -0.3 is 10.6 Å². The summed E-state index contributed by atoms with van der Waals surface area (Å²) in [4.78, 5) is 12.1. The first-order valence-corrected chi connectivity index (χ1v) is 6.62. The molecule has 0 atom stereocenters. The lowest BCUT2D eigenvalue weighted by Crippen LogP contribution is -2.13. The third kappa shape index (κ3) is 3.01. The second-order valence-corrected chi connectivity index (χ2v) is 5.00. The third-order valence-corrected chi connectivity index (χ3v) is 3.26. The zero-order valence-corrected chi connectivity index (χ0v) is 12.1. The van der Waals surface area contributed by atoms with Crippen LogP contribution in [0.15, 0.2) is 48.5 Å². The number of amides is 1. The fraction of sp³-hybridized carbons (Fsp3) is 0.0714. The molecule has 92 valence electrons. The predicted molar refractivity (Wildman–Crippen MR) is 83.1 cm³/mol. The molecule has 0 unspecified atom stereocenters. The molecule has 0 aromatic heterocycles. The van der Waals surface area contributed by atoms with Crippen molar-refractivity contribution in [3.05, 3.63) is 57.7 Å². The first-order chi connectivity index (χ1) is 8.70. The van der Waals surface area contributed by atoms with Gasteiger partial charge in [0.05, 0.1) is 5.56 Å². The van der Waals surface area contributed by atoms with Crippen LogP contribution < -0.4 is 10.6 Å². The van der Waals surface area contributed by atoms with Crippen LogP contribution in [0, 0.1) is 3.57 Å². The van der Waals surface area contributed by atoms with Crippen LogP contribution >= 0.6 is 22.6 Å². The van der Waals surface area contributed by atoms with Gasteiger partial charge >= 0.3 is 0 Å². The quantitative estimate of drug-likeness (QED) is 0.829. The van der Waals surface area contributed by atoms with E-state index in [0.717, 1.165) is 14.9 Å². The molecule has 0 aliphatic rings. The summed E-state index contributed by atoms with van der Waals surface area (Å²) in [5.41, 5.74) is 2.25. The van der Waals surface area contributed by atoms with E-state index in [1.54, 1.807) is 13.1 Å². The van der Waals surface area contributed by atoms with Crippen molar-refractivity contribution in [1.82, 2.24) is 0 Å². The van der Waals surface area contributed by atoms with Crippen LogP contribution in [0.2, 0.25) is 0 Å². The van der Waals surface area contributed by atoms with Crippen molar-refractivity contribution in [3.63, 3.8) is 0 Å². The molecular formula is C14H13IN2O. The Morgan fingerprint density at radius 3 is 2.39 bits per heavy atom. The second-order valence-electron chi connectivity index (χ2n) is 3.76. The number of benzene rings is 2. The second kappa shape index (κ2) is 5.86. The van der Waals surface area contributed by atoms with Crippen molar-refractivity contribution in [2.45, 2.75) is 0 Å². The van der Waals surface area contributed by atoms with Crippen molar-refractivity contribution in [2.24, 2.45) is 0 Å². The lowest BCUT2D eigenvalue weighted by atomic mass is 10.1. The summed E-state index contributed by atoms with van der Waals surface area (Å²) < 4.78 is 1.14. The van der Waals surface area contributed by atoms with Gasteiger partial charge in [0.2, 0.25) is 0 Å². The largest absolute Gasteiger partial charge is 0.387 e. The van der Waals surface area contributed by atoms with Gasteiger partial charge in [0.25, 0.3) is 5.91 Å². The molecule has 1 amide bonds. The maximum absolute atomic E-state index is 12.1. The van der Waals surface area contributed by atoms with Gasteiger partial charge in [-0.05, 0) is 59.0 Å². The zero-order chi connectivity index (χ0) is 13.0. The van der Waals surface area contributed by atoms with E-state index in [1.807, 2.05) is 42.5 Å². The zero-order valence-electron chi connectivity index (χ0n) is 9.91. The molecule has 0 aliphatic heterocycles. The van der Waals surface area contributed by atoms with Gasteiger partial charge in [0, 0.05) is 22.0 Å². The molecule has 2 N–H and O–H groups in total. The number of hydrogen-bond acceptors (Lipinski definition) is 2. The standard InChI is InChI=1S/C14H13IN2O/c1-16-13-5-3-2-4-12(13)14(18)17-11-8-6-10(15)7-9-11/h2-9,16H,1H3,(H,17,18). The molecule has 2 aromatic rings. The highest BCUT2D eigenvalue weighted by Crippen LogP contribution is 2.17. The van der Waals surface area contributed by atoms with E-state index in [1.165, 1.54) is 0 Å². The molecule has 0 saturated carbocycles. The first-order valence-electron chi connectivity index (χ1n) is 5.54. The topological polar surface area (TPSA) is 41.1 Å². The number of carbonyl (C=O) groups excluding carboxylic acids is 1. The number of carbonyl (C=O) groups is 1. The van der Waals surface area contributed by atoms with Crippen LogP contribution in [0.1, 0.15) is 10.4 Å². The van der Waals surface area contributed by atoms with Crippen molar-refractivity contribution in [2.75, 3.05) is 17.7 Å². The minimum Gasteiger partial charge on any atom is -0.387 e. The van der Waals surface area contributed by atoms with Crippen LogP contribution in [0.5, 0.6) is 0 Å². The molecule has 0 aliphatic carbocycles. The SMILES string of the molecule is CNc1ccccc1C(=O)Nc1ccc(I)cc1. The summed E-state index contributed by atoms with van der Waals surface area (Å²) in [6.07, 6.45) is 0. The lowest BCUT2D eigenvalue weighted by Gasteiger charge is -2.09. The van der Waals surface area contributed by atoms with E-state index in [2.05, 4.69) is 33.2 Å². The molecule has 0 bridgehead atoms. The monoisotopic (exact) mass is 352 g/mol. The van der Waals surface area contributed by atoms with E-state index in [0.29, 0.717) is 5.56 Å². The Morgan fingerprint density at radius 1 is 1.06 bits per heavy atom. The van der Waals surface area contributed by atoms with Crippen molar-refractivity contribution in [1.29, 1.82) is 0 Å². The molecule has 4 heteroatoms. The Morgan fingerprint density at radius 2 is 1.72 bits per heavy atom. The van der Waals surface area contributed by atoms with Crippen molar-refractivity contribution in [3.8, 4) is 0 Å². The molecule has 0 fully saturated rings. The van der Waals surface area contributed by atoms with Crippen LogP contribution in [-0.2, 0) is 0 Å². The number of anilines is 2. The van der Waals surface area contributed by atoms with Crippen LogP contribution in [0.25, 0.3) is 0 Å². The fourth-order valence-corrected chi connectivity index (χ4v) is 1.99. The van der Waals surface area contributed by atoms with Crippen LogP contribution in [0.3, 0.4) is 0 Å². The Labute approximate surface area is 120 Å². The van der Waals surface area contributed by atoms with Gasteiger partial charge in [-0.15, -0.1) is 0 Å². The maximum atomic E-state index is 12.1. The third-order valence-electron chi connectivity index (χ3n) is 2.54. The Hall–Kier alpha value is -1.56. The summed E-state index contributed by atoms with van der Waals surface area (Å²) in [5.74, 6) is -0.110. The van der Waals surface area contributed by atoms with Gasteiger partial charge in [-0.1, -0.05) is 12.1 Å². The summed E-state index contributed by atoms with van der Waals surface area (Å²) in [7, 11) is 1.80. The predicted octanol–water partition coefficient (Wildman–Crippen LogP) is 3.59. The summed E-state index contributed by atoms with van der Waals surface area (Å²) in [6, 6.07) is 15.1. The van der Waals surface area contributed by atoms with E-state index in [4.69, 9.17) is 0 Å². The molecule has 0 spiro atoms. The minimum atomic E-state index is -0.110. The highest BCUT2D eigenvalue weighted by Gasteiger charge is 2.09. The van der Waals surface area contributed by atoms with Gasteiger partial charge in [0.15, 0.2) is 0 Å². The van der Waals surface area contributed by atoms with Gasteiger partial charge in [-0.3, -0.25) is 4.79 Å². The molecule has 0 heterocycles. The molecular weight excluding hydrogens is 339 g/mol. The first kappa shape index (κ1) is 12.9. The van der Waals surface area contributed by atoms with Gasteiger partial charge in [-0.2, -0.15) is 0 Å². The minimum absolute atomic E-state index is 0.110. The number of halogens is 1. The average molecular weight is 352 g/mol. The van der Waals surface area contributed by atoms with E-state index in [-0.39, 0.29) is 5.91 Å². The lowest BCUT2D eigenvalue weighted by molar-refractivity contribution is 0.102. The van der Waals surface area contributed by atoms with Crippen molar-refractivity contribution >= 4 is 39.9 Å². The molecule has 0 saturated heterocycles. The Kier molecular flexibility index (Phi) is 4.19. The van der Waals surface area contributed by atoms with Gasteiger partial charge in [-0.25, -0.2) is 0 Å². The molecule has 2 rings (SSSR count). The number of rotatable bonds is 3. The molecule has 2 aromatic carbocycles. The molecule has 3 nitrogen and oxygen atoms in total. The van der Waals surface area contributed by atoms with E-state index < -0.39 is 0 Å². The number of para-hydroxylation sites is 1. The summed E-state index contributed by atoms with van der Waals surface area (Å²) >= 11 is 2.23. The summed E-state index contributed by atoms with van der Waals surface area (Å²) in [6.45, 7) is 0. The normalized spacial score (nSPS) is 9.89. The van der Waals surface area contributed by atoms with Crippen LogP contribution in [-0.4, -0.2) is 13.0 Å². The highest BCUT2D eigenvalue weighted by molar-refractivity contribution is 14.1. The van der Waals surface area contributed by atoms with Crippen molar-refractivity contribution < 1.29 is 4.79 Å². The fourth-order valence-electron chi connectivity index (χ4n) is 1.63. The van der Waals surface area contributed by atoms with E-state index >= 15 is 0 Å².